The second-order valence-electron chi connectivity index (χ2n) is 6.60. The lowest BCUT2D eigenvalue weighted by Gasteiger charge is -2.18. The average molecular weight is 387 g/mol. The van der Waals surface area contributed by atoms with Crippen molar-refractivity contribution in [2.45, 2.75) is 18.8 Å². The van der Waals surface area contributed by atoms with Crippen molar-refractivity contribution in [3.05, 3.63) is 53.1 Å². The Morgan fingerprint density at radius 2 is 1.96 bits per heavy atom. The quantitative estimate of drug-likeness (QED) is 0.600. The van der Waals surface area contributed by atoms with Crippen molar-refractivity contribution in [1.82, 2.24) is 5.32 Å². The fourth-order valence-corrected chi connectivity index (χ4v) is 3.55. The van der Waals surface area contributed by atoms with E-state index in [1.54, 1.807) is 0 Å². The molecule has 0 spiro atoms. The van der Waals surface area contributed by atoms with Gasteiger partial charge in [-0.05, 0) is 29.5 Å². The number of nitrogens with one attached hydrogen (secondary N) is 1. The molecule has 0 radical (unpaired) electrons. The molecule has 2 aliphatic carbocycles. The Morgan fingerprint density at radius 1 is 1.14 bits per heavy atom. The molecule has 1 aromatic rings. The summed E-state index contributed by atoms with van der Waals surface area (Å²) in [5.74, 6) is -0.897. The summed E-state index contributed by atoms with van der Waals surface area (Å²) in [5.41, 5.74) is 5.08. The average Bonchev–Trinajstić information content (AvgIpc) is 3.02. The van der Waals surface area contributed by atoms with Crippen molar-refractivity contribution in [1.29, 1.82) is 0 Å². The minimum absolute atomic E-state index is 0.115. The lowest BCUT2D eigenvalue weighted by atomic mass is 9.91. The predicted molar refractivity (Wildman–Crippen MR) is 103 cm³/mol. The number of hydrogen-bond donors (Lipinski definition) is 2. The molecule has 0 fully saturated rings. The van der Waals surface area contributed by atoms with Gasteiger partial charge in [-0.2, -0.15) is 0 Å². The Bertz CT molecular complexity index is 770. The molecular weight excluding hydrogens is 362 g/mol. The van der Waals surface area contributed by atoms with E-state index in [2.05, 4.69) is 29.6 Å². The molecule has 28 heavy (non-hydrogen) atoms. The number of aliphatic carboxylic acids is 1. The number of carbonyl (C=O) groups excluding carboxylic acids is 1. The molecule has 0 aromatic heterocycles. The SMILES string of the molecule is O=C(O)COCCOCCNC(=O)OCC1C2=C(C=CCC2)c2ccccc21. The topological polar surface area (TPSA) is 94.1 Å². The minimum atomic E-state index is -1.01. The van der Waals surface area contributed by atoms with E-state index in [4.69, 9.17) is 19.3 Å². The number of fused-ring (bicyclic) bond motifs is 2. The molecule has 1 atom stereocenters. The fraction of sp³-hybridized carbons (Fsp3) is 0.429. The number of rotatable bonds is 10. The van der Waals surface area contributed by atoms with Crippen molar-refractivity contribution in [2.24, 2.45) is 0 Å². The lowest BCUT2D eigenvalue weighted by Crippen LogP contribution is -2.29. The van der Waals surface area contributed by atoms with Crippen LogP contribution in [0.3, 0.4) is 0 Å². The van der Waals surface area contributed by atoms with Crippen molar-refractivity contribution in [2.75, 3.05) is 39.6 Å². The summed E-state index contributed by atoms with van der Waals surface area (Å²) < 4.78 is 15.6. The molecule has 7 nitrogen and oxygen atoms in total. The molecule has 1 aromatic carbocycles. The summed E-state index contributed by atoms with van der Waals surface area (Å²) in [6.45, 7) is 1.07. The van der Waals surface area contributed by atoms with Gasteiger partial charge in [0.2, 0.25) is 0 Å². The van der Waals surface area contributed by atoms with E-state index in [1.807, 2.05) is 12.1 Å². The number of amides is 1. The maximum Gasteiger partial charge on any atom is 0.407 e. The molecule has 2 aliphatic rings. The van der Waals surface area contributed by atoms with Crippen molar-refractivity contribution in [3.8, 4) is 0 Å². The molecule has 7 heteroatoms. The van der Waals surface area contributed by atoms with E-state index < -0.39 is 12.1 Å². The molecule has 1 unspecified atom stereocenters. The van der Waals surface area contributed by atoms with E-state index in [0.29, 0.717) is 19.8 Å². The molecule has 150 valence electrons. The number of carbonyl (C=O) groups is 2. The highest BCUT2D eigenvalue weighted by atomic mass is 16.6. The Hall–Kier alpha value is -2.64. The first-order valence-electron chi connectivity index (χ1n) is 9.43. The van der Waals surface area contributed by atoms with Gasteiger partial charge in [0.15, 0.2) is 0 Å². The molecule has 2 N–H and O–H groups in total. The van der Waals surface area contributed by atoms with Gasteiger partial charge < -0.3 is 24.6 Å². The zero-order valence-corrected chi connectivity index (χ0v) is 15.7. The number of allylic oxidation sites excluding steroid dienone is 3. The highest BCUT2D eigenvalue weighted by Gasteiger charge is 2.31. The zero-order valence-electron chi connectivity index (χ0n) is 15.7. The number of hydrogen-bond acceptors (Lipinski definition) is 5. The number of carboxylic acids is 1. The Balaban J connectivity index is 1.37. The second-order valence-corrected chi connectivity index (χ2v) is 6.60. The van der Waals surface area contributed by atoms with E-state index >= 15 is 0 Å². The number of alkyl carbamates (subject to hydrolysis) is 1. The van der Waals surface area contributed by atoms with Gasteiger partial charge in [0.05, 0.1) is 19.8 Å². The van der Waals surface area contributed by atoms with Crippen LogP contribution in [0.1, 0.15) is 29.9 Å². The normalized spacial score (nSPS) is 17.2. The van der Waals surface area contributed by atoms with Crippen LogP contribution in [-0.4, -0.2) is 56.7 Å². The van der Waals surface area contributed by atoms with Crippen LogP contribution in [-0.2, 0) is 19.0 Å². The first-order valence-corrected chi connectivity index (χ1v) is 9.43. The van der Waals surface area contributed by atoms with Crippen LogP contribution >= 0.6 is 0 Å². The smallest absolute Gasteiger partial charge is 0.407 e. The fourth-order valence-electron chi connectivity index (χ4n) is 3.55. The second kappa shape index (κ2) is 10.1. The van der Waals surface area contributed by atoms with Crippen LogP contribution in [0.2, 0.25) is 0 Å². The van der Waals surface area contributed by atoms with Gasteiger partial charge in [-0.25, -0.2) is 9.59 Å². The van der Waals surface area contributed by atoms with E-state index in [1.165, 1.54) is 22.3 Å². The van der Waals surface area contributed by atoms with Gasteiger partial charge in [-0.15, -0.1) is 0 Å². The van der Waals surface area contributed by atoms with Crippen LogP contribution in [0.15, 0.2) is 42.0 Å². The Kier molecular flexibility index (Phi) is 7.22. The van der Waals surface area contributed by atoms with Crippen molar-refractivity contribution >= 4 is 17.6 Å². The molecule has 3 rings (SSSR count). The Labute approximate surface area is 164 Å². The van der Waals surface area contributed by atoms with Crippen LogP contribution in [0.5, 0.6) is 0 Å². The summed E-state index contributed by atoms with van der Waals surface area (Å²) in [7, 11) is 0. The molecule has 0 heterocycles. The number of benzene rings is 1. The van der Waals surface area contributed by atoms with Crippen LogP contribution < -0.4 is 5.32 Å². The standard InChI is InChI=1S/C21H25NO6/c23-20(24)14-27-12-11-26-10-9-22-21(25)28-13-19-17-7-3-1-5-15(17)16-6-2-4-8-18(16)19/h1-3,5-7,19H,4,8-14H2,(H,22,25)(H,23,24). The molecule has 0 bridgehead atoms. The highest BCUT2D eigenvalue weighted by Crippen LogP contribution is 2.46. The highest BCUT2D eigenvalue weighted by molar-refractivity contribution is 5.85. The summed E-state index contributed by atoms with van der Waals surface area (Å²) in [4.78, 5) is 22.3. The third-order valence-electron chi connectivity index (χ3n) is 4.75. The van der Waals surface area contributed by atoms with Crippen LogP contribution in [0.4, 0.5) is 4.79 Å². The van der Waals surface area contributed by atoms with Gasteiger partial charge in [0.25, 0.3) is 0 Å². The van der Waals surface area contributed by atoms with Crippen LogP contribution in [0, 0.1) is 0 Å². The lowest BCUT2D eigenvalue weighted by molar-refractivity contribution is -0.142. The van der Waals surface area contributed by atoms with Gasteiger partial charge in [-0.3, -0.25) is 0 Å². The molecule has 0 saturated heterocycles. The molecule has 0 saturated carbocycles. The van der Waals surface area contributed by atoms with Gasteiger partial charge in [-0.1, -0.05) is 42.0 Å². The third kappa shape index (κ3) is 5.21. The van der Waals surface area contributed by atoms with E-state index in [0.717, 1.165) is 12.8 Å². The number of ether oxygens (including phenoxy) is 3. The van der Waals surface area contributed by atoms with E-state index in [9.17, 15) is 9.59 Å². The zero-order chi connectivity index (χ0) is 19.8. The summed E-state index contributed by atoms with van der Waals surface area (Å²) in [6, 6.07) is 8.28. The van der Waals surface area contributed by atoms with Crippen LogP contribution in [0.25, 0.3) is 5.57 Å². The monoisotopic (exact) mass is 387 g/mol. The molecule has 0 aliphatic heterocycles. The van der Waals surface area contributed by atoms with Gasteiger partial charge in [0, 0.05) is 12.5 Å². The maximum absolute atomic E-state index is 12.0. The minimum Gasteiger partial charge on any atom is -0.480 e. The Morgan fingerprint density at radius 3 is 2.82 bits per heavy atom. The summed E-state index contributed by atoms with van der Waals surface area (Å²) >= 11 is 0. The first kappa shape index (κ1) is 20.1. The third-order valence-corrected chi connectivity index (χ3v) is 4.75. The van der Waals surface area contributed by atoms with Crippen molar-refractivity contribution < 1.29 is 28.9 Å². The van der Waals surface area contributed by atoms with Crippen molar-refractivity contribution in [3.63, 3.8) is 0 Å². The van der Waals surface area contributed by atoms with Gasteiger partial charge >= 0.3 is 12.1 Å². The van der Waals surface area contributed by atoms with E-state index in [-0.39, 0.29) is 25.7 Å². The maximum atomic E-state index is 12.0. The number of carboxylic acid groups (broad SMARTS) is 1. The first-order chi connectivity index (χ1) is 13.7. The summed E-state index contributed by atoms with van der Waals surface area (Å²) in [5, 5.41) is 11.1. The van der Waals surface area contributed by atoms with Gasteiger partial charge in [0.1, 0.15) is 13.2 Å². The molecule has 1 amide bonds. The summed E-state index contributed by atoms with van der Waals surface area (Å²) in [6.07, 6.45) is 5.91. The predicted octanol–water partition coefficient (Wildman–Crippen LogP) is 2.73. The molecular formula is C21H25NO6. The largest absolute Gasteiger partial charge is 0.480 e.